The molecule has 146 valence electrons. The van der Waals surface area contributed by atoms with Crippen molar-refractivity contribution in [1.29, 1.82) is 0 Å². The predicted octanol–water partition coefficient (Wildman–Crippen LogP) is 1.89. The first-order valence-electron chi connectivity index (χ1n) is 7.79. The number of hydrogen-bond donors (Lipinski definition) is 2. The van der Waals surface area contributed by atoms with E-state index >= 15 is 0 Å². The van der Waals surface area contributed by atoms with Crippen molar-refractivity contribution in [3.05, 3.63) is 48.3 Å². The van der Waals surface area contributed by atoms with Gasteiger partial charge in [0.15, 0.2) is 11.5 Å². The Bertz CT molecular complexity index is 1080. The lowest BCUT2D eigenvalue weighted by atomic mass is 10.1. The second-order valence-corrected chi connectivity index (χ2v) is 6.62. The van der Waals surface area contributed by atoms with Crippen LogP contribution in [0.5, 0.6) is 11.6 Å². The molecule has 0 fully saturated rings. The molecule has 0 radical (unpaired) electrons. The van der Waals surface area contributed by atoms with Crippen molar-refractivity contribution in [2.24, 2.45) is 0 Å². The topological polar surface area (TPSA) is 146 Å². The third kappa shape index (κ3) is 4.73. The Balaban J connectivity index is 1.73. The molecule has 2 N–H and O–H groups in total. The van der Waals surface area contributed by atoms with E-state index in [4.69, 9.17) is 13.4 Å². The van der Waals surface area contributed by atoms with Crippen LogP contribution < -0.4 is 19.0 Å². The zero-order chi connectivity index (χ0) is 20.1. The van der Waals surface area contributed by atoms with E-state index in [0.717, 1.165) is 0 Å². The fourth-order valence-electron chi connectivity index (χ4n) is 2.18. The first-order chi connectivity index (χ1) is 13.4. The molecular weight excluding hydrogens is 390 g/mol. The van der Waals surface area contributed by atoms with Crippen LogP contribution in [0.1, 0.15) is 5.69 Å². The number of carbonyl (C=O) groups is 1. The Morgan fingerprint density at radius 1 is 1.18 bits per heavy atom. The highest BCUT2D eigenvalue weighted by Gasteiger charge is 2.21. The molecule has 0 aliphatic heterocycles. The standard InChI is InChI=1S/C16H15N5O6S/c1-10-9-14(25-2)19-15(18-10)20-16(22)21-28(23,24)27-13-6-4-3-5-11(13)12-7-8-17-26-12/h3-9H,1-2H3,(H2,18,19,20,21,22). The van der Waals surface area contributed by atoms with Gasteiger partial charge in [-0.3, -0.25) is 5.32 Å². The van der Waals surface area contributed by atoms with Gasteiger partial charge in [-0.15, -0.1) is 0 Å². The molecule has 3 rings (SSSR count). The number of nitrogens with zero attached hydrogens (tertiary/aromatic N) is 3. The Kier molecular flexibility index (Phi) is 5.40. The summed E-state index contributed by atoms with van der Waals surface area (Å²) >= 11 is 0. The molecular formula is C16H15N5O6S. The van der Waals surface area contributed by atoms with Crippen LogP contribution in [0, 0.1) is 6.92 Å². The number of anilines is 1. The largest absolute Gasteiger partial charge is 0.481 e. The van der Waals surface area contributed by atoms with E-state index in [2.05, 4.69) is 20.4 Å². The minimum absolute atomic E-state index is 0.0481. The Morgan fingerprint density at radius 2 is 1.96 bits per heavy atom. The molecule has 0 bridgehead atoms. The zero-order valence-electron chi connectivity index (χ0n) is 14.7. The Labute approximate surface area is 160 Å². The van der Waals surface area contributed by atoms with Crippen molar-refractivity contribution in [2.45, 2.75) is 6.92 Å². The van der Waals surface area contributed by atoms with Gasteiger partial charge < -0.3 is 13.4 Å². The number of ether oxygens (including phenoxy) is 1. The summed E-state index contributed by atoms with van der Waals surface area (Å²) in [6, 6.07) is 8.20. The smallest absolute Gasteiger partial charge is 0.411 e. The number of hydrogen-bond acceptors (Lipinski definition) is 9. The molecule has 28 heavy (non-hydrogen) atoms. The monoisotopic (exact) mass is 405 g/mol. The minimum atomic E-state index is -4.50. The minimum Gasteiger partial charge on any atom is -0.481 e. The number of aryl methyl sites for hydroxylation is 1. The maximum atomic E-state index is 12.2. The highest BCUT2D eigenvalue weighted by Crippen LogP contribution is 2.30. The zero-order valence-corrected chi connectivity index (χ0v) is 15.6. The van der Waals surface area contributed by atoms with Gasteiger partial charge in [0.25, 0.3) is 0 Å². The Hall–Kier alpha value is -3.67. The van der Waals surface area contributed by atoms with Gasteiger partial charge in [0.2, 0.25) is 11.8 Å². The summed E-state index contributed by atoms with van der Waals surface area (Å²) in [5.41, 5.74) is 0.861. The molecule has 0 atom stereocenters. The summed E-state index contributed by atoms with van der Waals surface area (Å²) in [6.45, 7) is 1.66. The second kappa shape index (κ2) is 7.92. The summed E-state index contributed by atoms with van der Waals surface area (Å²) in [5.74, 6) is 0.332. The maximum Gasteiger partial charge on any atom is 0.411 e. The Morgan fingerprint density at radius 3 is 2.68 bits per heavy atom. The highest BCUT2D eigenvalue weighted by molar-refractivity contribution is 7.85. The number of nitrogens with one attached hydrogen (secondary N) is 2. The first kappa shape index (κ1) is 19.1. The van der Waals surface area contributed by atoms with Gasteiger partial charge in [0.05, 0.1) is 18.9 Å². The fourth-order valence-corrected chi connectivity index (χ4v) is 2.88. The van der Waals surface area contributed by atoms with E-state index in [9.17, 15) is 13.2 Å². The average Bonchev–Trinajstić information content (AvgIpc) is 3.15. The van der Waals surface area contributed by atoms with Crippen LogP contribution >= 0.6 is 0 Å². The molecule has 3 aromatic rings. The van der Waals surface area contributed by atoms with E-state index in [1.807, 2.05) is 0 Å². The van der Waals surface area contributed by atoms with E-state index in [-0.39, 0.29) is 17.6 Å². The van der Waals surface area contributed by atoms with Crippen LogP contribution in [0.2, 0.25) is 0 Å². The molecule has 2 heterocycles. The molecule has 2 aromatic heterocycles. The van der Waals surface area contributed by atoms with Gasteiger partial charge in [-0.25, -0.2) is 14.5 Å². The van der Waals surface area contributed by atoms with E-state index in [1.165, 1.54) is 25.4 Å². The number of para-hydroxylation sites is 1. The van der Waals surface area contributed by atoms with E-state index < -0.39 is 16.3 Å². The van der Waals surface area contributed by atoms with Gasteiger partial charge in [0.1, 0.15) is 0 Å². The number of urea groups is 1. The van der Waals surface area contributed by atoms with Crippen LogP contribution in [0.4, 0.5) is 10.7 Å². The van der Waals surface area contributed by atoms with Crippen LogP contribution in [0.25, 0.3) is 11.3 Å². The second-order valence-electron chi connectivity index (χ2n) is 5.34. The first-order valence-corrected chi connectivity index (χ1v) is 9.20. The van der Waals surface area contributed by atoms with E-state index in [0.29, 0.717) is 17.0 Å². The lowest BCUT2D eigenvalue weighted by Crippen LogP contribution is -2.37. The van der Waals surface area contributed by atoms with Crippen molar-refractivity contribution in [1.82, 2.24) is 19.8 Å². The molecule has 1 aromatic carbocycles. The van der Waals surface area contributed by atoms with Crippen LogP contribution in [0.3, 0.4) is 0 Å². The number of aromatic nitrogens is 3. The van der Waals surface area contributed by atoms with Crippen LogP contribution in [0.15, 0.2) is 47.1 Å². The average molecular weight is 405 g/mol. The van der Waals surface area contributed by atoms with Crippen LogP contribution in [-0.2, 0) is 10.3 Å². The van der Waals surface area contributed by atoms with Crippen molar-refractivity contribution in [3.8, 4) is 23.0 Å². The summed E-state index contributed by atoms with van der Waals surface area (Å²) < 4.78 is 41.1. The number of carbonyl (C=O) groups excluding carboxylic acids is 1. The van der Waals surface area contributed by atoms with Crippen molar-refractivity contribution >= 4 is 22.3 Å². The number of rotatable bonds is 6. The number of methoxy groups -OCH3 is 1. The molecule has 12 heteroatoms. The summed E-state index contributed by atoms with van der Waals surface area (Å²) in [7, 11) is -3.11. The molecule has 11 nitrogen and oxygen atoms in total. The fraction of sp³-hybridized carbons (Fsp3) is 0.125. The van der Waals surface area contributed by atoms with Gasteiger partial charge in [-0.2, -0.15) is 13.4 Å². The summed E-state index contributed by atoms with van der Waals surface area (Å²) in [4.78, 5) is 19.9. The van der Waals surface area contributed by atoms with Crippen molar-refractivity contribution in [3.63, 3.8) is 0 Å². The third-order valence-electron chi connectivity index (χ3n) is 3.27. The quantitative estimate of drug-likeness (QED) is 0.627. The molecule has 0 aliphatic rings. The van der Waals surface area contributed by atoms with E-state index in [1.54, 1.807) is 35.9 Å². The van der Waals surface area contributed by atoms with Gasteiger partial charge in [-0.1, -0.05) is 17.3 Å². The predicted molar refractivity (Wildman–Crippen MR) is 97.0 cm³/mol. The third-order valence-corrected chi connectivity index (χ3v) is 4.11. The molecule has 0 spiro atoms. The molecule has 0 unspecified atom stereocenters. The number of amides is 2. The molecule has 2 amide bonds. The lowest BCUT2D eigenvalue weighted by molar-refractivity contribution is 0.255. The summed E-state index contributed by atoms with van der Waals surface area (Å²) in [6.07, 6.45) is 1.41. The normalized spacial score (nSPS) is 10.9. The number of benzene rings is 1. The SMILES string of the molecule is COc1cc(C)nc(NC(=O)NS(=O)(=O)Oc2ccccc2-c2ccno2)n1. The highest BCUT2D eigenvalue weighted by atomic mass is 32.2. The van der Waals surface area contributed by atoms with Gasteiger partial charge in [0, 0.05) is 17.8 Å². The lowest BCUT2D eigenvalue weighted by Gasteiger charge is -2.11. The maximum absolute atomic E-state index is 12.2. The van der Waals surface area contributed by atoms with Crippen LogP contribution in [-0.4, -0.2) is 36.7 Å². The molecule has 0 aliphatic carbocycles. The summed E-state index contributed by atoms with van der Waals surface area (Å²) in [5, 5.41) is 5.77. The van der Waals surface area contributed by atoms with Crippen molar-refractivity contribution in [2.75, 3.05) is 12.4 Å². The molecule has 0 saturated heterocycles. The van der Waals surface area contributed by atoms with Crippen molar-refractivity contribution < 1.29 is 26.7 Å². The van der Waals surface area contributed by atoms with Gasteiger partial charge >= 0.3 is 16.3 Å². The molecule has 0 saturated carbocycles. The van der Waals surface area contributed by atoms with Gasteiger partial charge in [-0.05, 0) is 19.1 Å².